The van der Waals surface area contributed by atoms with Crippen molar-refractivity contribution in [1.29, 1.82) is 0 Å². The molecule has 5 heteroatoms. The Balaban J connectivity index is 0.00000112. The third-order valence-electron chi connectivity index (χ3n) is 3.52. The molecule has 0 bridgehead atoms. The fraction of sp³-hybridized carbons (Fsp3) is 1.00. The Morgan fingerprint density at radius 1 is 1.20 bits per heavy atom. The van der Waals surface area contributed by atoms with Gasteiger partial charge in [0.15, 0.2) is 0 Å². The molecule has 0 amide bonds. The summed E-state index contributed by atoms with van der Waals surface area (Å²) in [5, 5.41) is 3.24. The van der Waals surface area contributed by atoms with E-state index in [1.165, 1.54) is 0 Å². The first-order valence-electron chi connectivity index (χ1n) is 5.40. The number of piperidine rings is 1. The summed E-state index contributed by atoms with van der Waals surface area (Å²) in [6.07, 6.45) is 2.35. The monoisotopic (exact) mass is 240 g/mol. The van der Waals surface area contributed by atoms with Gasteiger partial charge in [-0.3, -0.25) is 4.90 Å². The first kappa shape index (κ1) is 13.1. The number of likely N-dealkylation sites (tertiary alicyclic amines) is 1. The molecule has 2 fully saturated rings. The molecule has 1 saturated carbocycles. The summed E-state index contributed by atoms with van der Waals surface area (Å²) in [6.45, 7) is 1.96. The van der Waals surface area contributed by atoms with Gasteiger partial charge in [-0.15, -0.1) is 12.4 Å². The highest BCUT2D eigenvalue weighted by atomic mass is 35.5. The lowest BCUT2D eigenvalue weighted by atomic mass is 9.85. The van der Waals surface area contributed by atoms with Gasteiger partial charge < -0.3 is 5.32 Å². The lowest BCUT2D eigenvalue weighted by Crippen LogP contribution is -2.54. The zero-order valence-corrected chi connectivity index (χ0v) is 9.83. The van der Waals surface area contributed by atoms with E-state index in [0.29, 0.717) is 6.04 Å². The van der Waals surface area contributed by atoms with Gasteiger partial charge in [0.25, 0.3) is 5.92 Å². The zero-order chi connectivity index (χ0) is 10.2. The largest absolute Gasteiger partial charge is 0.317 e. The lowest BCUT2D eigenvalue weighted by molar-refractivity contribution is -0.127. The molecule has 1 saturated heterocycles. The van der Waals surface area contributed by atoms with Crippen LogP contribution in [0.1, 0.15) is 25.7 Å². The number of halogens is 3. The normalized spacial score (nSPS) is 28.2. The van der Waals surface area contributed by atoms with Crippen LogP contribution < -0.4 is 5.32 Å². The van der Waals surface area contributed by atoms with Crippen LogP contribution in [0.3, 0.4) is 0 Å². The second kappa shape index (κ2) is 4.93. The van der Waals surface area contributed by atoms with Gasteiger partial charge in [-0.05, 0) is 33.0 Å². The second-order valence-electron chi connectivity index (χ2n) is 4.52. The van der Waals surface area contributed by atoms with Crippen LogP contribution in [0, 0.1) is 0 Å². The molecule has 90 valence electrons. The van der Waals surface area contributed by atoms with E-state index in [0.717, 1.165) is 25.9 Å². The number of nitrogens with one attached hydrogen (secondary N) is 1. The number of alkyl halides is 2. The van der Waals surface area contributed by atoms with Crippen molar-refractivity contribution in [3.05, 3.63) is 0 Å². The molecular weight excluding hydrogens is 222 g/mol. The molecular formula is C10H19ClF2N2. The molecule has 1 aliphatic carbocycles. The van der Waals surface area contributed by atoms with E-state index in [9.17, 15) is 8.78 Å². The van der Waals surface area contributed by atoms with Crippen molar-refractivity contribution in [2.45, 2.75) is 43.7 Å². The molecule has 2 aliphatic rings. The fourth-order valence-corrected chi connectivity index (χ4v) is 2.44. The average Bonchev–Trinajstić information content (AvgIpc) is 2.14. The SMILES string of the molecule is CNC1CCN(C2CC(F)(F)C2)CC1.Cl. The van der Waals surface area contributed by atoms with Crippen LogP contribution in [0.5, 0.6) is 0 Å². The van der Waals surface area contributed by atoms with Crippen molar-refractivity contribution in [1.82, 2.24) is 10.2 Å². The van der Waals surface area contributed by atoms with Crippen LogP contribution in [-0.2, 0) is 0 Å². The van der Waals surface area contributed by atoms with Gasteiger partial charge >= 0.3 is 0 Å². The number of hydrogen-bond donors (Lipinski definition) is 1. The highest BCUT2D eigenvalue weighted by Crippen LogP contribution is 2.41. The Bertz CT molecular complexity index is 198. The molecule has 1 aliphatic heterocycles. The summed E-state index contributed by atoms with van der Waals surface area (Å²) < 4.78 is 25.3. The Hall–Kier alpha value is 0.0700. The molecule has 0 aromatic carbocycles. The molecule has 0 atom stereocenters. The smallest absolute Gasteiger partial charge is 0.251 e. The molecule has 1 N–H and O–H groups in total. The Morgan fingerprint density at radius 3 is 2.13 bits per heavy atom. The molecule has 0 aromatic rings. The maximum atomic E-state index is 12.6. The van der Waals surface area contributed by atoms with Crippen molar-refractivity contribution >= 4 is 12.4 Å². The minimum atomic E-state index is -2.37. The third kappa shape index (κ3) is 3.02. The third-order valence-corrected chi connectivity index (χ3v) is 3.52. The predicted molar refractivity (Wildman–Crippen MR) is 58.9 cm³/mol. The zero-order valence-electron chi connectivity index (χ0n) is 9.01. The Morgan fingerprint density at radius 2 is 1.73 bits per heavy atom. The minimum Gasteiger partial charge on any atom is -0.317 e. The molecule has 0 spiro atoms. The van der Waals surface area contributed by atoms with Gasteiger partial charge in [-0.2, -0.15) is 0 Å². The molecule has 0 aromatic heterocycles. The van der Waals surface area contributed by atoms with Gasteiger partial charge in [-0.25, -0.2) is 8.78 Å². The van der Waals surface area contributed by atoms with E-state index in [4.69, 9.17) is 0 Å². The fourth-order valence-electron chi connectivity index (χ4n) is 2.44. The summed E-state index contributed by atoms with van der Waals surface area (Å²) in [7, 11) is 1.97. The molecule has 2 nitrogen and oxygen atoms in total. The molecule has 0 unspecified atom stereocenters. The summed E-state index contributed by atoms with van der Waals surface area (Å²) >= 11 is 0. The minimum absolute atomic E-state index is 0. The quantitative estimate of drug-likeness (QED) is 0.793. The van der Waals surface area contributed by atoms with Gasteiger partial charge in [0, 0.05) is 24.9 Å². The van der Waals surface area contributed by atoms with Gasteiger partial charge in [-0.1, -0.05) is 0 Å². The standard InChI is InChI=1S/C10H18F2N2.ClH/c1-13-8-2-4-14(5-3-8)9-6-10(11,12)7-9;/h8-9,13H,2-7H2,1H3;1H. The molecule has 1 heterocycles. The molecule has 0 radical (unpaired) electrons. The van der Waals surface area contributed by atoms with Crippen molar-refractivity contribution < 1.29 is 8.78 Å². The van der Waals surface area contributed by atoms with Crippen LogP contribution in [0.4, 0.5) is 8.78 Å². The van der Waals surface area contributed by atoms with Crippen molar-refractivity contribution in [3.63, 3.8) is 0 Å². The highest BCUT2D eigenvalue weighted by molar-refractivity contribution is 5.85. The average molecular weight is 241 g/mol. The van der Waals surface area contributed by atoms with Crippen LogP contribution in [0.15, 0.2) is 0 Å². The van der Waals surface area contributed by atoms with Gasteiger partial charge in [0.05, 0.1) is 0 Å². The van der Waals surface area contributed by atoms with E-state index < -0.39 is 5.92 Å². The second-order valence-corrected chi connectivity index (χ2v) is 4.52. The van der Waals surface area contributed by atoms with E-state index in [2.05, 4.69) is 10.2 Å². The summed E-state index contributed by atoms with van der Waals surface area (Å²) in [5.41, 5.74) is 0. The summed E-state index contributed by atoms with van der Waals surface area (Å²) in [6, 6.07) is 0.745. The van der Waals surface area contributed by atoms with Crippen LogP contribution >= 0.6 is 12.4 Å². The van der Waals surface area contributed by atoms with E-state index in [1.807, 2.05) is 7.05 Å². The summed E-state index contributed by atoms with van der Waals surface area (Å²) in [4.78, 5) is 2.23. The first-order chi connectivity index (χ1) is 6.61. The molecule has 2 rings (SSSR count). The number of hydrogen-bond acceptors (Lipinski definition) is 2. The maximum absolute atomic E-state index is 12.6. The van der Waals surface area contributed by atoms with Crippen molar-refractivity contribution in [2.24, 2.45) is 0 Å². The van der Waals surface area contributed by atoms with Crippen molar-refractivity contribution in [2.75, 3.05) is 20.1 Å². The molecule has 15 heavy (non-hydrogen) atoms. The first-order valence-corrected chi connectivity index (χ1v) is 5.40. The van der Waals surface area contributed by atoms with Crippen LogP contribution in [0.25, 0.3) is 0 Å². The topological polar surface area (TPSA) is 15.3 Å². The highest BCUT2D eigenvalue weighted by Gasteiger charge is 2.48. The van der Waals surface area contributed by atoms with E-state index >= 15 is 0 Å². The maximum Gasteiger partial charge on any atom is 0.251 e. The van der Waals surface area contributed by atoms with Crippen molar-refractivity contribution in [3.8, 4) is 0 Å². The Kier molecular flexibility index (Phi) is 4.32. The van der Waals surface area contributed by atoms with E-state index in [-0.39, 0.29) is 31.3 Å². The number of rotatable bonds is 2. The Labute approximate surface area is 95.8 Å². The lowest BCUT2D eigenvalue weighted by Gasteiger charge is -2.45. The van der Waals surface area contributed by atoms with Gasteiger partial charge in [0.1, 0.15) is 0 Å². The summed E-state index contributed by atoms with van der Waals surface area (Å²) in [5.74, 6) is -2.37. The van der Waals surface area contributed by atoms with Gasteiger partial charge in [0.2, 0.25) is 0 Å². The van der Waals surface area contributed by atoms with Crippen LogP contribution in [-0.4, -0.2) is 43.0 Å². The van der Waals surface area contributed by atoms with E-state index in [1.54, 1.807) is 0 Å². The number of nitrogens with zero attached hydrogens (tertiary/aromatic N) is 1. The van der Waals surface area contributed by atoms with Crippen LogP contribution in [0.2, 0.25) is 0 Å². The predicted octanol–water partition coefficient (Wildman–Crippen LogP) is 1.89.